The van der Waals surface area contributed by atoms with Gasteiger partial charge >= 0.3 is 0 Å². The Labute approximate surface area is 131 Å². The van der Waals surface area contributed by atoms with Crippen molar-refractivity contribution in [2.24, 2.45) is 0 Å². The Hall–Kier alpha value is -1.94. The Morgan fingerprint density at radius 2 is 2.10 bits per heavy atom. The number of aryl methyl sites for hydroxylation is 1. The van der Waals surface area contributed by atoms with Gasteiger partial charge in [-0.05, 0) is 70.2 Å². The number of fused-ring (bicyclic) bond motifs is 1. The molecule has 1 aromatic carbocycles. The Balaban J connectivity index is 1.95. The molecule has 3 rings (SSSR count). The van der Waals surface area contributed by atoms with Crippen molar-refractivity contribution in [3.63, 3.8) is 0 Å². The van der Waals surface area contributed by atoms with Gasteiger partial charge in [-0.15, -0.1) is 0 Å². The van der Waals surface area contributed by atoms with Crippen molar-refractivity contribution in [1.82, 2.24) is 4.98 Å². The van der Waals surface area contributed by atoms with Crippen LogP contribution in [0.3, 0.4) is 0 Å². The van der Waals surface area contributed by atoms with Crippen molar-refractivity contribution >= 4 is 27.8 Å². The van der Waals surface area contributed by atoms with Gasteiger partial charge in [0.15, 0.2) is 5.78 Å². The first-order chi connectivity index (χ1) is 10.2. The first kappa shape index (κ1) is 14.0. The maximum Gasteiger partial charge on any atom is 0.189 e. The lowest BCUT2D eigenvalue weighted by Crippen LogP contribution is -2.14. The number of Topliss-reactive ketones (excluding diaryl/α,β-unsaturated/α-hetero) is 1. The van der Waals surface area contributed by atoms with Crippen molar-refractivity contribution < 1.29 is 9.53 Å². The van der Waals surface area contributed by atoms with E-state index >= 15 is 0 Å². The Kier molecular flexibility index (Phi) is 3.88. The van der Waals surface area contributed by atoms with Crippen LogP contribution in [-0.2, 0) is 6.42 Å². The Morgan fingerprint density at radius 1 is 1.24 bits per heavy atom. The van der Waals surface area contributed by atoms with Gasteiger partial charge in [0.2, 0.25) is 0 Å². The van der Waals surface area contributed by atoms with Crippen LogP contribution >= 0.6 is 15.9 Å². The second kappa shape index (κ2) is 5.82. The molecule has 0 amide bonds. The van der Waals surface area contributed by atoms with Crippen molar-refractivity contribution in [3.8, 4) is 5.75 Å². The standard InChI is InChI=1S/C17H14BrNO2/c1-21-15-4-5-16-12(8-15)2-3-13(17(16)20)6-11-7-14(18)10-19-9-11/h4-10H,2-3H2,1H3/b13-6+. The molecule has 0 spiro atoms. The molecule has 1 heterocycles. The van der Waals surface area contributed by atoms with Crippen LogP contribution in [0, 0.1) is 0 Å². The first-order valence-corrected chi connectivity index (χ1v) is 7.49. The third-order valence-corrected chi connectivity index (χ3v) is 4.01. The highest BCUT2D eigenvalue weighted by molar-refractivity contribution is 9.10. The predicted molar refractivity (Wildman–Crippen MR) is 85.6 cm³/mol. The number of ether oxygens (including phenoxy) is 1. The Bertz CT molecular complexity index is 737. The smallest absolute Gasteiger partial charge is 0.189 e. The maximum atomic E-state index is 12.6. The lowest BCUT2D eigenvalue weighted by molar-refractivity contribution is 0.102. The summed E-state index contributed by atoms with van der Waals surface area (Å²) in [6, 6.07) is 7.59. The van der Waals surface area contributed by atoms with Crippen molar-refractivity contribution in [3.05, 3.63) is 63.4 Å². The number of nitrogens with zero attached hydrogens (tertiary/aromatic N) is 1. The molecule has 0 atom stereocenters. The van der Waals surface area contributed by atoms with E-state index in [2.05, 4.69) is 20.9 Å². The molecule has 106 valence electrons. The van der Waals surface area contributed by atoms with Crippen LogP contribution in [0.1, 0.15) is 27.9 Å². The average molecular weight is 344 g/mol. The van der Waals surface area contributed by atoms with E-state index in [1.165, 1.54) is 0 Å². The molecule has 0 saturated heterocycles. The third-order valence-electron chi connectivity index (χ3n) is 3.58. The van der Waals surface area contributed by atoms with Gasteiger partial charge in [-0.2, -0.15) is 0 Å². The molecule has 0 radical (unpaired) electrons. The summed E-state index contributed by atoms with van der Waals surface area (Å²) in [6.07, 6.45) is 7.01. The molecule has 1 aliphatic carbocycles. The highest BCUT2D eigenvalue weighted by Crippen LogP contribution is 2.29. The minimum absolute atomic E-state index is 0.0962. The van der Waals surface area contributed by atoms with E-state index in [1.54, 1.807) is 19.5 Å². The van der Waals surface area contributed by atoms with Crippen LogP contribution in [0.5, 0.6) is 5.75 Å². The van der Waals surface area contributed by atoms with Crippen LogP contribution in [0.15, 0.2) is 46.7 Å². The molecule has 1 aliphatic rings. The molecule has 0 saturated carbocycles. The van der Waals surface area contributed by atoms with Crippen LogP contribution < -0.4 is 4.74 Å². The van der Waals surface area contributed by atoms with Crippen molar-refractivity contribution in [1.29, 1.82) is 0 Å². The molecular weight excluding hydrogens is 330 g/mol. The highest BCUT2D eigenvalue weighted by Gasteiger charge is 2.22. The molecular formula is C17H14BrNO2. The second-order valence-corrected chi connectivity index (χ2v) is 5.87. The zero-order valence-corrected chi connectivity index (χ0v) is 13.2. The zero-order chi connectivity index (χ0) is 14.8. The van der Waals surface area contributed by atoms with E-state index in [0.717, 1.165) is 45.3 Å². The number of methoxy groups -OCH3 is 1. The minimum atomic E-state index is 0.0962. The van der Waals surface area contributed by atoms with E-state index in [4.69, 9.17) is 4.74 Å². The van der Waals surface area contributed by atoms with Gasteiger partial charge in [0.05, 0.1) is 7.11 Å². The number of carbonyl (C=O) groups is 1. The van der Waals surface area contributed by atoms with Gasteiger partial charge in [0.1, 0.15) is 5.75 Å². The summed E-state index contributed by atoms with van der Waals surface area (Å²) in [6.45, 7) is 0. The van der Waals surface area contributed by atoms with Crippen molar-refractivity contribution in [2.45, 2.75) is 12.8 Å². The summed E-state index contributed by atoms with van der Waals surface area (Å²) in [4.78, 5) is 16.7. The molecule has 0 bridgehead atoms. The number of pyridine rings is 1. The fourth-order valence-corrected chi connectivity index (χ4v) is 2.91. The molecule has 0 aliphatic heterocycles. The van der Waals surface area contributed by atoms with Crippen LogP contribution in [0.4, 0.5) is 0 Å². The molecule has 0 fully saturated rings. The number of halogens is 1. The highest BCUT2D eigenvalue weighted by atomic mass is 79.9. The van der Waals surface area contributed by atoms with Crippen LogP contribution in [0.25, 0.3) is 6.08 Å². The van der Waals surface area contributed by atoms with E-state index < -0.39 is 0 Å². The second-order valence-electron chi connectivity index (χ2n) is 4.96. The fourth-order valence-electron chi connectivity index (χ4n) is 2.53. The predicted octanol–water partition coefficient (Wildman–Crippen LogP) is 4.07. The quantitative estimate of drug-likeness (QED) is 0.771. The topological polar surface area (TPSA) is 39.2 Å². The molecule has 0 unspecified atom stereocenters. The monoisotopic (exact) mass is 343 g/mol. The molecule has 4 heteroatoms. The molecule has 1 aromatic heterocycles. The number of carbonyl (C=O) groups excluding carboxylic acids is 1. The van der Waals surface area contributed by atoms with E-state index in [1.807, 2.05) is 30.3 Å². The van der Waals surface area contributed by atoms with Gasteiger partial charge in [-0.3, -0.25) is 9.78 Å². The number of allylic oxidation sites excluding steroid dienone is 1. The summed E-state index contributed by atoms with van der Waals surface area (Å²) < 4.78 is 6.12. The zero-order valence-electron chi connectivity index (χ0n) is 11.6. The summed E-state index contributed by atoms with van der Waals surface area (Å²) in [5.41, 5.74) is 3.59. The lowest BCUT2D eigenvalue weighted by atomic mass is 9.86. The maximum absolute atomic E-state index is 12.6. The first-order valence-electron chi connectivity index (χ1n) is 6.70. The molecule has 21 heavy (non-hydrogen) atoms. The summed E-state index contributed by atoms with van der Waals surface area (Å²) in [5.74, 6) is 0.893. The molecule has 2 aromatic rings. The largest absolute Gasteiger partial charge is 0.497 e. The van der Waals surface area contributed by atoms with Crippen LogP contribution in [-0.4, -0.2) is 17.9 Å². The SMILES string of the molecule is COc1ccc2c(c1)CC/C(=C\c1cncc(Br)c1)C2=O. The van der Waals surface area contributed by atoms with Gasteiger partial charge in [-0.25, -0.2) is 0 Å². The van der Waals surface area contributed by atoms with Crippen molar-refractivity contribution in [2.75, 3.05) is 7.11 Å². The fraction of sp³-hybridized carbons (Fsp3) is 0.176. The van der Waals surface area contributed by atoms with Gasteiger partial charge in [0.25, 0.3) is 0 Å². The number of aromatic nitrogens is 1. The average Bonchev–Trinajstić information content (AvgIpc) is 2.50. The van der Waals surface area contributed by atoms with Gasteiger partial charge < -0.3 is 4.74 Å². The molecule has 0 N–H and O–H groups in total. The number of hydrogen-bond acceptors (Lipinski definition) is 3. The summed E-state index contributed by atoms with van der Waals surface area (Å²) in [7, 11) is 1.64. The van der Waals surface area contributed by atoms with E-state index in [-0.39, 0.29) is 5.78 Å². The normalized spacial score (nSPS) is 15.9. The number of rotatable bonds is 2. The number of benzene rings is 1. The molecule has 3 nitrogen and oxygen atoms in total. The number of ketones is 1. The Morgan fingerprint density at radius 3 is 2.86 bits per heavy atom. The number of hydrogen-bond donors (Lipinski definition) is 0. The van der Waals surface area contributed by atoms with Gasteiger partial charge in [-0.1, -0.05) is 0 Å². The lowest BCUT2D eigenvalue weighted by Gasteiger charge is -2.18. The van der Waals surface area contributed by atoms with E-state index in [9.17, 15) is 4.79 Å². The summed E-state index contributed by atoms with van der Waals surface area (Å²) in [5, 5.41) is 0. The third kappa shape index (κ3) is 2.90. The van der Waals surface area contributed by atoms with Gasteiger partial charge in [0, 0.05) is 28.0 Å². The summed E-state index contributed by atoms with van der Waals surface area (Å²) >= 11 is 3.39. The minimum Gasteiger partial charge on any atom is -0.497 e. The van der Waals surface area contributed by atoms with E-state index in [0.29, 0.717) is 0 Å². The van der Waals surface area contributed by atoms with Crippen LogP contribution in [0.2, 0.25) is 0 Å².